The number of amides is 1. The maximum atomic E-state index is 11.8. The second-order valence-electron chi connectivity index (χ2n) is 19.2. The molecule has 8 heterocycles. The molecule has 0 spiro atoms. The number of fused-ring (bicyclic) bond motifs is 1. The molecule has 402 valence electrons. The summed E-state index contributed by atoms with van der Waals surface area (Å²) in [5.41, 5.74) is 13.3. The zero-order valence-corrected chi connectivity index (χ0v) is 43.3. The number of aliphatic carboxylic acids is 1. The van der Waals surface area contributed by atoms with E-state index in [1.54, 1.807) is 17.0 Å². The lowest BCUT2D eigenvalue weighted by molar-refractivity contribution is -0.140. The van der Waals surface area contributed by atoms with Crippen LogP contribution in [0.2, 0.25) is 0 Å². The van der Waals surface area contributed by atoms with Gasteiger partial charge < -0.3 is 54.3 Å². The lowest BCUT2D eigenvalue weighted by atomic mass is 10.0. The molecule has 7 aliphatic heterocycles. The molecule has 0 radical (unpaired) electrons. The number of carboxylic acids is 1. The van der Waals surface area contributed by atoms with E-state index in [-0.39, 0.29) is 18.1 Å². The van der Waals surface area contributed by atoms with E-state index in [0.29, 0.717) is 66.4 Å². The molecule has 79 heavy (non-hydrogen) atoms. The van der Waals surface area contributed by atoms with Crippen LogP contribution in [0.1, 0.15) is 52.8 Å². The van der Waals surface area contributed by atoms with Gasteiger partial charge in [0.2, 0.25) is 17.3 Å². The van der Waals surface area contributed by atoms with E-state index in [0.717, 1.165) is 129 Å². The number of aliphatic hydroxyl groups excluding tert-OH is 2. The van der Waals surface area contributed by atoms with Gasteiger partial charge in [-0.3, -0.25) is 4.79 Å². The average Bonchev–Trinajstić information content (AvgIpc) is 4.43. The third kappa shape index (κ3) is 12.6. The number of aromatic nitrogens is 2. The van der Waals surface area contributed by atoms with Crippen LogP contribution < -0.4 is 24.6 Å². The molecule has 21 nitrogen and oxygen atoms in total. The Hall–Kier alpha value is -8.79. The molecule has 0 aliphatic carbocycles. The molecule has 2 atom stereocenters. The summed E-state index contributed by atoms with van der Waals surface area (Å²) in [4.78, 5) is 54.7. The van der Waals surface area contributed by atoms with Crippen LogP contribution in [0.3, 0.4) is 0 Å². The standard InChI is InChI=1S/C29H28N6O4.C27H25N6O2.C2H4O3/c30-15-21-13-20(3-6-26(21)39-23-7-8-35(16-23)27(37)17-36)28-29-25(31-18-32-28)14-24(33-29)19-1-4-22(5-2-19)34-9-11-38-12-10-34;28-15-20-13-19(3-6-25(20)35-22-7-8-29-16-22)26-27-24(30-17-31-26)14-23(32-27)18-1-4-21(5-2-18)33-9-11-34-12-10-33;3-1-2(4)5/h1-6,13,18,23,36H,7-12,14,16-17H2;1-6,13,22,29H,7-12,14,16H2;3H,1H2,(H,4,5)/q;+1;/t23-;22-;/m11./s1. The van der Waals surface area contributed by atoms with Crippen LogP contribution in [0.15, 0.2) is 123 Å². The summed E-state index contributed by atoms with van der Waals surface area (Å²) in [5, 5.41) is 47.0. The van der Waals surface area contributed by atoms with Crippen LogP contribution in [0, 0.1) is 22.7 Å². The molecule has 21 heteroatoms. The van der Waals surface area contributed by atoms with E-state index >= 15 is 0 Å². The predicted molar refractivity (Wildman–Crippen MR) is 294 cm³/mol. The summed E-state index contributed by atoms with van der Waals surface area (Å²) in [6, 6.07) is 32.4. The molecular formula is C58H57N12O9+. The summed E-state index contributed by atoms with van der Waals surface area (Å²) in [6.45, 7) is 7.97. The smallest absolute Gasteiger partial charge is 0.329 e. The molecule has 1 aromatic heterocycles. The van der Waals surface area contributed by atoms with Crippen molar-refractivity contribution in [1.29, 1.82) is 10.5 Å². The molecule has 4 N–H and O–H groups in total. The Morgan fingerprint density at radius 3 is 1.87 bits per heavy atom. The van der Waals surface area contributed by atoms with Gasteiger partial charge in [-0.05, 0) is 94.7 Å². The predicted octanol–water partition coefficient (Wildman–Crippen LogP) is 4.51. The highest BCUT2D eigenvalue weighted by molar-refractivity contribution is 6.21. The number of aliphatic imine (C=N–C) groups is 4. The minimum absolute atomic E-state index is 0.0892. The molecule has 1 amide bonds. The summed E-state index contributed by atoms with van der Waals surface area (Å²) in [5.74, 6) is -0.448. The summed E-state index contributed by atoms with van der Waals surface area (Å²) >= 11 is 0. The van der Waals surface area contributed by atoms with Crippen molar-refractivity contribution in [2.45, 2.75) is 37.9 Å². The van der Waals surface area contributed by atoms with Crippen LogP contribution in [-0.2, 0) is 25.5 Å². The summed E-state index contributed by atoms with van der Waals surface area (Å²) < 4.78 is 23.0. The van der Waals surface area contributed by atoms with Crippen molar-refractivity contribution in [2.75, 3.05) is 102 Å². The Labute approximate surface area is 456 Å². The number of allylic oxidation sites excluding steroid dienone is 2. The monoisotopic (exact) mass is 1070 g/mol. The number of rotatable bonds is 12. The molecule has 0 saturated carbocycles. The molecule has 12 rings (SSSR count). The van der Waals surface area contributed by atoms with Gasteiger partial charge in [-0.1, -0.05) is 24.3 Å². The topological polar surface area (TPSA) is 276 Å². The molecule has 4 fully saturated rings. The van der Waals surface area contributed by atoms with E-state index in [2.05, 4.69) is 102 Å². The molecule has 0 bridgehead atoms. The van der Waals surface area contributed by atoms with Gasteiger partial charge in [0.1, 0.15) is 61.1 Å². The highest BCUT2D eigenvalue weighted by Gasteiger charge is 2.35. The van der Waals surface area contributed by atoms with Crippen molar-refractivity contribution in [2.24, 2.45) is 20.0 Å². The zero-order chi connectivity index (χ0) is 54.7. The van der Waals surface area contributed by atoms with Crippen LogP contribution in [-0.4, -0.2) is 170 Å². The number of hydrogen-bond donors (Lipinski definition) is 4. The van der Waals surface area contributed by atoms with Gasteiger partial charge in [-0.15, -0.1) is 0 Å². The molecule has 5 aromatic rings. The van der Waals surface area contributed by atoms with Gasteiger partial charge in [0.25, 0.3) is 6.34 Å². The molecular weight excluding hydrogens is 1010 g/mol. The van der Waals surface area contributed by atoms with Crippen molar-refractivity contribution in [3.63, 3.8) is 0 Å². The van der Waals surface area contributed by atoms with Gasteiger partial charge in [-0.2, -0.15) is 10.5 Å². The summed E-state index contributed by atoms with van der Waals surface area (Å²) in [6.07, 6.45) is 6.99. The minimum Gasteiger partial charge on any atom is -0.488 e. The Bertz CT molecular complexity index is 3310. The fourth-order valence-electron chi connectivity index (χ4n) is 10.0. The van der Waals surface area contributed by atoms with Crippen molar-refractivity contribution in [3.05, 3.63) is 136 Å². The van der Waals surface area contributed by atoms with Crippen LogP contribution >= 0.6 is 0 Å². The number of carboxylic acid groups (broad SMARTS) is 1. The number of carbonyl (C=O) groups excluding carboxylic acids is 1. The van der Waals surface area contributed by atoms with Crippen LogP contribution in [0.5, 0.6) is 11.5 Å². The second kappa shape index (κ2) is 25.1. The number of anilines is 2. The first-order valence-corrected chi connectivity index (χ1v) is 26.1. The molecule has 4 aromatic carbocycles. The molecule has 7 aliphatic rings. The minimum atomic E-state index is -1.19. The Morgan fingerprint density at radius 2 is 1.29 bits per heavy atom. The maximum Gasteiger partial charge on any atom is 0.329 e. The zero-order valence-electron chi connectivity index (χ0n) is 43.3. The highest BCUT2D eigenvalue weighted by atomic mass is 16.5. The fourth-order valence-corrected chi connectivity index (χ4v) is 10.0. The lowest BCUT2D eigenvalue weighted by Crippen LogP contribution is -2.36. The molecule has 0 unspecified atom stereocenters. The van der Waals surface area contributed by atoms with E-state index in [9.17, 15) is 15.3 Å². The third-order valence-corrected chi connectivity index (χ3v) is 14.2. The highest BCUT2D eigenvalue weighted by Crippen LogP contribution is 2.38. The summed E-state index contributed by atoms with van der Waals surface area (Å²) in [7, 11) is 0. The quantitative estimate of drug-likeness (QED) is 0.125. The number of aliphatic hydroxyl groups is 2. The van der Waals surface area contributed by atoms with E-state index in [4.69, 9.17) is 49.0 Å². The number of benzene rings is 4. The van der Waals surface area contributed by atoms with Gasteiger partial charge >= 0.3 is 5.97 Å². The van der Waals surface area contributed by atoms with Crippen LogP contribution in [0.25, 0.3) is 11.3 Å². The van der Waals surface area contributed by atoms with E-state index in [1.807, 2.05) is 24.3 Å². The Kier molecular flexibility index (Phi) is 17.0. The lowest BCUT2D eigenvalue weighted by Gasteiger charge is -2.28. The van der Waals surface area contributed by atoms with Crippen molar-refractivity contribution in [1.82, 2.24) is 20.2 Å². The molecule has 4 saturated heterocycles. The largest absolute Gasteiger partial charge is 0.488 e. The van der Waals surface area contributed by atoms with Crippen molar-refractivity contribution >= 4 is 52.4 Å². The van der Waals surface area contributed by atoms with Crippen molar-refractivity contribution < 1.29 is 43.9 Å². The SMILES string of the molecule is N#Cc1cc(-c2ncnc3c2N=C(c2ccc(N4CCOCC4)cc2)C3)ccc1O[C@@H]1CCN(C(=O)CO)C1.N#Cc1cc(C2=N[C+]=NC3=C2N=C(c2ccc(N4CCOCC4)cc2)C3)ccc1O[C@@H]1CCNC1.O=C(O)CO. The first kappa shape index (κ1) is 53.6. The first-order chi connectivity index (χ1) is 38.7. The normalized spacial score (nSPS) is 19.0. The second-order valence-corrected chi connectivity index (χ2v) is 19.2. The number of morpholine rings is 2. The Morgan fingerprint density at radius 1 is 0.709 bits per heavy atom. The number of ether oxygens (including phenoxy) is 4. The number of nitrogens with one attached hydrogen (secondary N) is 1. The van der Waals surface area contributed by atoms with Gasteiger partial charge in [0, 0.05) is 69.0 Å². The van der Waals surface area contributed by atoms with Crippen LogP contribution in [0.4, 0.5) is 17.1 Å². The van der Waals surface area contributed by atoms with Crippen molar-refractivity contribution in [3.8, 4) is 34.9 Å². The fraction of sp³-hybridized carbons (Fsp3) is 0.345. The third-order valence-electron chi connectivity index (χ3n) is 14.2. The number of likely N-dealkylation sites (tertiary alicyclic amines) is 1. The number of nitrogens with zero attached hydrogens (tertiary/aromatic N) is 11. The Balaban J connectivity index is 0.000000165. The number of hydrogen-bond acceptors (Lipinski definition) is 19. The van der Waals surface area contributed by atoms with Gasteiger partial charge in [0.15, 0.2) is 5.70 Å². The van der Waals surface area contributed by atoms with E-state index in [1.165, 1.54) is 17.7 Å². The number of nitriles is 2. The first-order valence-electron chi connectivity index (χ1n) is 26.1. The maximum absolute atomic E-state index is 11.8. The van der Waals surface area contributed by atoms with E-state index < -0.39 is 19.2 Å². The van der Waals surface area contributed by atoms with Gasteiger partial charge in [0.05, 0.1) is 78.9 Å². The average molecular weight is 1070 g/mol. The van der Waals surface area contributed by atoms with Gasteiger partial charge in [-0.25, -0.2) is 24.7 Å². The number of carbonyl (C=O) groups is 2.